The van der Waals surface area contributed by atoms with Crippen molar-refractivity contribution in [3.63, 3.8) is 0 Å². The Morgan fingerprint density at radius 2 is 0.557 bits per heavy atom. The molecule has 0 fully saturated rings. The van der Waals surface area contributed by atoms with E-state index in [0.29, 0.717) is 17.5 Å². The molecule has 0 aliphatic heterocycles. The lowest BCUT2D eigenvalue weighted by atomic mass is 9.93. The molecule has 286 valence electrons. The van der Waals surface area contributed by atoms with Crippen LogP contribution in [-0.2, 0) is 0 Å². The van der Waals surface area contributed by atoms with Crippen LogP contribution in [0.15, 0.2) is 229 Å². The van der Waals surface area contributed by atoms with Gasteiger partial charge < -0.3 is 4.42 Å². The number of fused-ring (bicyclic) bond motifs is 3. The first kappa shape index (κ1) is 35.9. The van der Waals surface area contributed by atoms with E-state index in [1.165, 1.54) is 11.1 Å². The fourth-order valence-corrected chi connectivity index (χ4v) is 8.15. The second kappa shape index (κ2) is 15.5. The monoisotopic (exact) mass is 779 g/mol. The van der Waals surface area contributed by atoms with Gasteiger partial charge in [0.15, 0.2) is 17.5 Å². The first-order valence-corrected chi connectivity index (χ1v) is 20.5. The highest BCUT2D eigenvalue weighted by Gasteiger charge is 2.16. The molecule has 4 heteroatoms. The average molecular weight is 780 g/mol. The summed E-state index contributed by atoms with van der Waals surface area (Å²) in [4.78, 5) is 15.4. The molecule has 11 rings (SSSR count). The van der Waals surface area contributed by atoms with Crippen LogP contribution in [0.25, 0.3) is 112 Å². The van der Waals surface area contributed by atoms with Crippen LogP contribution in [0.5, 0.6) is 0 Å². The van der Waals surface area contributed by atoms with Gasteiger partial charge in [-0.2, -0.15) is 0 Å². The molecule has 0 aliphatic carbocycles. The second-order valence-corrected chi connectivity index (χ2v) is 15.2. The Bertz CT molecular complexity index is 3260. The Morgan fingerprint density at radius 3 is 1.13 bits per heavy atom. The number of hydrogen-bond donors (Lipinski definition) is 0. The fourth-order valence-electron chi connectivity index (χ4n) is 8.15. The van der Waals surface area contributed by atoms with E-state index >= 15 is 0 Å². The second-order valence-electron chi connectivity index (χ2n) is 15.2. The molecule has 0 unspecified atom stereocenters. The molecule has 0 spiro atoms. The van der Waals surface area contributed by atoms with Crippen LogP contribution in [0.2, 0.25) is 0 Å². The Labute approximate surface area is 354 Å². The normalized spacial score (nSPS) is 11.3. The van der Waals surface area contributed by atoms with Gasteiger partial charge in [-0.3, -0.25) is 0 Å². The number of rotatable bonds is 8. The average Bonchev–Trinajstić information content (AvgIpc) is 3.73. The Hall–Kier alpha value is -8.21. The van der Waals surface area contributed by atoms with Crippen LogP contribution in [0, 0.1) is 0 Å². The van der Waals surface area contributed by atoms with Gasteiger partial charge in [-0.1, -0.05) is 182 Å². The van der Waals surface area contributed by atoms with Crippen molar-refractivity contribution in [2.24, 2.45) is 0 Å². The van der Waals surface area contributed by atoms with Gasteiger partial charge >= 0.3 is 0 Å². The maximum atomic E-state index is 6.21. The third-order valence-electron chi connectivity index (χ3n) is 11.3. The zero-order chi connectivity index (χ0) is 40.5. The number of furan rings is 1. The highest BCUT2D eigenvalue weighted by molar-refractivity contribution is 6.05. The highest BCUT2D eigenvalue weighted by atomic mass is 16.3. The van der Waals surface area contributed by atoms with Crippen LogP contribution in [0.1, 0.15) is 0 Å². The van der Waals surface area contributed by atoms with Gasteiger partial charge in [-0.25, -0.2) is 15.0 Å². The predicted molar refractivity (Wildman–Crippen MR) is 251 cm³/mol. The number of aromatic nitrogens is 3. The number of para-hydroxylation sites is 1. The maximum absolute atomic E-state index is 6.21. The van der Waals surface area contributed by atoms with Crippen LogP contribution in [0.3, 0.4) is 0 Å². The van der Waals surface area contributed by atoms with E-state index in [-0.39, 0.29) is 0 Å². The molecule has 2 heterocycles. The van der Waals surface area contributed by atoms with E-state index in [4.69, 9.17) is 19.4 Å². The lowest BCUT2D eigenvalue weighted by Gasteiger charge is -2.13. The van der Waals surface area contributed by atoms with Gasteiger partial charge in [-0.15, -0.1) is 0 Å². The SMILES string of the molecule is c1ccc(-c2ccc(-c3nc(-c4ccc(-c5ccc6c(c5)oc5ccccc56)cc4)nc(-c4cccc(-c5cc(-c6ccccc6)cc(-c6ccccc6)c5)c4)n3)cc2)cc1. The zero-order valence-electron chi connectivity index (χ0n) is 33.1. The van der Waals surface area contributed by atoms with Crippen molar-refractivity contribution in [2.45, 2.75) is 0 Å². The molecule has 0 amide bonds. The van der Waals surface area contributed by atoms with Crippen molar-refractivity contribution in [3.8, 4) is 89.8 Å². The molecule has 0 saturated carbocycles. The number of hydrogen-bond acceptors (Lipinski definition) is 4. The van der Waals surface area contributed by atoms with Crippen molar-refractivity contribution in [1.29, 1.82) is 0 Å². The molecule has 11 aromatic rings. The van der Waals surface area contributed by atoms with Crippen molar-refractivity contribution in [3.05, 3.63) is 224 Å². The maximum Gasteiger partial charge on any atom is 0.164 e. The third-order valence-corrected chi connectivity index (χ3v) is 11.3. The van der Waals surface area contributed by atoms with E-state index in [9.17, 15) is 0 Å². The van der Waals surface area contributed by atoms with E-state index in [2.05, 4.69) is 200 Å². The summed E-state index contributed by atoms with van der Waals surface area (Å²) in [6.45, 7) is 0. The summed E-state index contributed by atoms with van der Waals surface area (Å²) in [7, 11) is 0. The van der Waals surface area contributed by atoms with Crippen molar-refractivity contribution in [2.75, 3.05) is 0 Å². The molecule has 0 radical (unpaired) electrons. The van der Waals surface area contributed by atoms with Crippen LogP contribution in [-0.4, -0.2) is 15.0 Å². The number of benzene rings is 9. The summed E-state index contributed by atoms with van der Waals surface area (Å²) in [5.74, 6) is 1.83. The molecule has 0 N–H and O–H groups in total. The third kappa shape index (κ3) is 7.17. The van der Waals surface area contributed by atoms with Gasteiger partial charge in [0, 0.05) is 27.5 Å². The van der Waals surface area contributed by atoms with Crippen LogP contribution >= 0.6 is 0 Å². The topological polar surface area (TPSA) is 51.8 Å². The molecule has 2 aromatic heterocycles. The van der Waals surface area contributed by atoms with Crippen molar-refractivity contribution >= 4 is 21.9 Å². The van der Waals surface area contributed by atoms with E-state index in [0.717, 1.165) is 83.1 Å². The van der Waals surface area contributed by atoms with Gasteiger partial charge in [0.25, 0.3) is 0 Å². The van der Waals surface area contributed by atoms with Gasteiger partial charge in [0.1, 0.15) is 11.2 Å². The molecule has 0 saturated heterocycles. The van der Waals surface area contributed by atoms with Crippen LogP contribution < -0.4 is 0 Å². The van der Waals surface area contributed by atoms with Crippen LogP contribution in [0.4, 0.5) is 0 Å². The zero-order valence-corrected chi connectivity index (χ0v) is 33.1. The molecule has 9 aromatic carbocycles. The van der Waals surface area contributed by atoms with E-state index < -0.39 is 0 Å². The highest BCUT2D eigenvalue weighted by Crippen LogP contribution is 2.36. The van der Waals surface area contributed by atoms with Gasteiger partial charge in [0.05, 0.1) is 0 Å². The lowest BCUT2D eigenvalue weighted by Crippen LogP contribution is -2.00. The lowest BCUT2D eigenvalue weighted by molar-refractivity contribution is 0.669. The van der Waals surface area contributed by atoms with E-state index in [1.807, 2.05) is 24.3 Å². The van der Waals surface area contributed by atoms with Gasteiger partial charge in [-0.05, 0) is 98.1 Å². The summed E-state index contributed by atoms with van der Waals surface area (Å²) >= 11 is 0. The summed E-state index contributed by atoms with van der Waals surface area (Å²) in [5, 5.41) is 2.24. The standard InChI is InChI=1S/C57H37N3O/c1-4-13-38(14-5-1)41-23-27-43(28-24-41)55-58-56(44-29-25-42(26-30-44)46-31-32-52-51-21-10-11-22-53(51)61-54(52)37-46)60-57(59-55)47-20-12-19-45(33-47)50-35-48(39-15-6-2-7-16-39)34-49(36-50)40-17-8-3-9-18-40/h1-37H. The molecule has 4 nitrogen and oxygen atoms in total. The minimum atomic E-state index is 0.606. The van der Waals surface area contributed by atoms with Crippen molar-refractivity contribution in [1.82, 2.24) is 15.0 Å². The molecular weight excluding hydrogens is 743 g/mol. The quantitative estimate of drug-likeness (QED) is 0.154. The first-order valence-electron chi connectivity index (χ1n) is 20.5. The number of nitrogens with zero attached hydrogens (tertiary/aromatic N) is 3. The molecule has 0 bridgehead atoms. The summed E-state index contributed by atoms with van der Waals surface area (Å²) < 4.78 is 6.21. The minimum absolute atomic E-state index is 0.606. The Kier molecular flexibility index (Phi) is 9.14. The predicted octanol–water partition coefficient (Wildman–Crippen LogP) is 15.1. The summed E-state index contributed by atoms with van der Waals surface area (Å²) in [6.07, 6.45) is 0. The Balaban J connectivity index is 0.999. The summed E-state index contributed by atoms with van der Waals surface area (Å²) in [6, 6.07) is 78.3. The minimum Gasteiger partial charge on any atom is -0.456 e. The Morgan fingerprint density at radius 1 is 0.213 bits per heavy atom. The fraction of sp³-hybridized carbons (Fsp3) is 0. The van der Waals surface area contributed by atoms with Gasteiger partial charge in [0.2, 0.25) is 0 Å². The first-order chi connectivity index (χ1) is 30.2. The molecule has 0 atom stereocenters. The summed E-state index contributed by atoms with van der Waals surface area (Å²) in [5.41, 5.74) is 15.8. The van der Waals surface area contributed by atoms with E-state index in [1.54, 1.807) is 0 Å². The molecule has 0 aliphatic rings. The molecular formula is C57H37N3O. The van der Waals surface area contributed by atoms with Crippen molar-refractivity contribution < 1.29 is 4.42 Å². The molecule has 61 heavy (non-hydrogen) atoms. The largest absolute Gasteiger partial charge is 0.456 e. The smallest absolute Gasteiger partial charge is 0.164 e.